The van der Waals surface area contributed by atoms with Crippen molar-refractivity contribution in [1.29, 1.82) is 0 Å². The first-order chi connectivity index (χ1) is 7.36. The van der Waals surface area contributed by atoms with Gasteiger partial charge in [-0.3, -0.25) is 0 Å². The van der Waals surface area contributed by atoms with Crippen molar-refractivity contribution < 1.29 is 4.74 Å². The minimum atomic E-state index is 0.615. The quantitative estimate of drug-likeness (QED) is 0.682. The third-order valence-electron chi connectivity index (χ3n) is 2.04. The van der Waals surface area contributed by atoms with Gasteiger partial charge >= 0.3 is 0 Å². The van der Waals surface area contributed by atoms with Crippen molar-refractivity contribution >= 4 is 0 Å². The molecule has 15 heavy (non-hydrogen) atoms. The molecule has 0 fully saturated rings. The van der Waals surface area contributed by atoms with Crippen LogP contribution in [0.25, 0.3) is 0 Å². The summed E-state index contributed by atoms with van der Waals surface area (Å²) in [5.74, 6) is 6.03. The first-order valence-corrected chi connectivity index (χ1v) is 5.11. The van der Waals surface area contributed by atoms with Crippen molar-refractivity contribution in [3.8, 4) is 11.8 Å². The molecule has 0 aliphatic heterocycles. The summed E-state index contributed by atoms with van der Waals surface area (Å²) in [7, 11) is 1.67. The highest BCUT2D eigenvalue weighted by Gasteiger charge is 1.87. The van der Waals surface area contributed by atoms with Crippen molar-refractivity contribution in [2.75, 3.05) is 13.7 Å². The van der Waals surface area contributed by atoms with E-state index < -0.39 is 0 Å². The van der Waals surface area contributed by atoms with Gasteiger partial charge in [-0.2, -0.15) is 0 Å². The highest BCUT2D eigenvalue weighted by atomic mass is 16.5. The molecule has 0 saturated carbocycles. The Bertz CT molecular complexity index is 363. The largest absolute Gasteiger partial charge is 0.381 e. The van der Waals surface area contributed by atoms with Gasteiger partial charge in [-0.25, -0.2) is 0 Å². The summed E-state index contributed by atoms with van der Waals surface area (Å²) in [5, 5.41) is 0. The van der Waals surface area contributed by atoms with Gasteiger partial charge in [-0.1, -0.05) is 37.0 Å². The molecule has 1 heteroatoms. The Hall–Kier alpha value is -1.52. The summed E-state index contributed by atoms with van der Waals surface area (Å²) >= 11 is 0. The van der Waals surface area contributed by atoms with E-state index >= 15 is 0 Å². The molecule has 0 aliphatic carbocycles. The Morgan fingerprint density at radius 3 is 2.60 bits per heavy atom. The van der Waals surface area contributed by atoms with Gasteiger partial charge in [0, 0.05) is 12.7 Å². The molecule has 0 amide bonds. The number of hydrogen-bond acceptors (Lipinski definition) is 1. The van der Waals surface area contributed by atoms with Gasteiger partial charge in [0.25, 0.3) is 0 Å². The normalized spacial score (nSPS) is 10.0. The van der Waals surface area contributed by atoms with Gasteiger partial charge in [-0.05, 0) is 30.2 Å². The van der Waals surface area contributed by atoms with Crippen molar-refractivity contribution in [1.82, 2.24) is 0 Å². The third-order valence-corrected chi connectivity index (χ3v) is 2.04. The van der Waals surface area contributed by atoms with E-state index in [-0.39, 0.29) is 0 Å². The van der Waals surface area contributed by atoms with E-state index in [1.807, 2.05) is 12.2 Å². The molecule has 0 aliphatic rings. The summed E-state index contributed by atoms with van der Waals surface area (Å²) in [6.07, 6.45) is 4.78. The first-order valence-electron chi connectivity index (χ1n) is 5.11. The number of ether oxygens (including phenoxy) is 1. The van der Waals surface area contributed by atoms with Crippen LogP contribution in [0.1, 0.15) is 18.1 Å². The van der Waals surface area contributed by atoms with Crippen LogP contribution in [-0.4, -0.2) is 13.7 Å². The van der Waals surface area contributed by atoms with Crippen LogP contribution in [0.2, 0.25) is 0 Å². The van der Waals surface area contributed by atoms with Gasteiger partial charge in [0.2, 0.25) is 0 Å². The predicted octanol–water partition coefficient (Wildman–Crippen LogP) is 2.80. The SMILES string of the molecule is CCc1ccc(C#C/C=C\COC)cc1. The number of aryl methyl sites for hydroxylation is 1. The lowest BCUT2D eigenvalue weighted by Crippen LogP contribution is -1.80. The molecule has 1 aromatic carbocycles. The molecular formula is C14H16O. The zero-order chi connectivity index (χ0) is 10.9. The second-order valence-corrected chi connectivity index (χ2v) is 3.18. The average Bonchev–Trinajstić information content (AvgIpc) is 2.30. The number of methoxy groups -OCH3 is 1. The van der Waals surface area contributed by atoms with E-state index in [0.29, 0.717) is 6.61 Å². The summed E-state index contributed by atoms with van der Waals surface area (Å²) in [5.41, 5.74) is 2.39. The standard InChI is InChI=1S/C14H16O/c1-3-13-8-10-14(11-9-13)7-5-4-6-12-15-2/h4,6,8-11H,3,12H2,1-2H3/b6-4-. The highest BCUT2D eigenvalue weighted by molar-refractivity contribution is 5.38. The van der Waals surface area contributed by atoms with Crippen molar-refractivity contribution in [2.24, 2.45) is 0 Å². The van der Waals surface area contributed by atoms with Crippen LogP contribution in [-0.2, 0) is 11.2 Å². The molecule has 0 aromatic heterocycles. The van der Waals surface area contributed by atoms with Crippen molar-refractivity contribution in [3.05, 3.63) is 47.5 Å². The van der Waals surface area contributed by atoms with E-state index in [0.717, 1.165) is 12.0 Å². The molecule has 78 valence electrons. The topological polar surface area (TPSA) is 9.23 Å². The van der Waals surface area contributed by atoms with Crippen LogP contribution in [0.4, 0.5) is 0 Å². The smallest absolute Gasteiger partial charge is 0.0652 e. The molecule has 0 radical (unpaired) electrons. The van der Waals surface area contributed by atoms with Gasteiger partial charge in [0.1, 0.15) is 0 Å². The fourth-order valence-electron chi connectivity index (χ4n) is 1.15. The molecule has 0 bridgehead atoms. The Labute approximate surface area is 91.8 Å². The minimum absolute atomic E-state index is 0.615. The second kappa shape index (κ2) is 6.86. The van der Waals surface area contributed by atoms with Crippen LogP contribution in [0.15, 0.2) is 36.4 Å². The van der Waals surface area contributed by atoms with Gasteiger partial charge in [0.15, 0.2) is 0 Å². The molecule has 0 unspecified atom stereocenters. The van der Waals surface area contributed by atoms with Crippen molar-refractivity contribution in [3.63, 3.8) is 0 Å². The third kappa shape index (κ3) is 4.49. The lowest BCUT2D eigenvalue weighted by atomic mass is 10.1. The zero-order valence-electron chi connectivity index (χ0n) is 9.29. The Morgan fingerprint density at radius 2 is 2.00 bits per heavy atom. The van der Waals surface area contributed by atoms with Crippen molar-refractivity contribution in [2.45, 2.75) is 13.3 Å². The maximum absolute atomic E-state index is 4.87. The number of benzene rings is 1. The molecular weight excluding hydrogens is 184 g/mol. The van der Waals surface area contributed by atoms with E-state index in [1.54, 1.807) is 7.11 Å². The molecule has 0 spiro atoms. The molecule has 0 N–H and O–H groups in total. The average molecular weight is 200 g/mol. The fraction of sp³-hybridized carbons (Fsp3) is 0.286. The fourth-order valence-corrected chi connectivity index (χ4v) is 1.15. The van der Waals surface area contributed by atoms with Gasteiger partial charge in [0.05, 0.1) is 6.61 Å². The lowest BCUT2D eigenvalue weighted by molar-refractivity contribution is 0.234. The van der Waals surface area contributed by atoms with Crippen LogP contribution in [0, 0.1) is 11.8 Å². The zero-order valence-corrected chi connectivity index (χ0v) is 9.29. The van der Waals surface area contributed by atoms with E-state index in [9.17, 15) is 0 Å². The Balaban J connectivity index is 2.56. The maximum atomic E-state index is 4.87. The van der Waals surface area contributed by atoms with Crippen LogP contribution >= 0.6 is 0 Å². The summed E-state index contributed by atoms with van der Waals surface area (Å²) in [4.78, 5) is 0. The van der Waals surface area contributed by atoms with Gasteiger partial charge in [-0.15, -0.1) is 0 Å². The van der Waals surface area contributed by atoms with Crippen LogP contribution in [0.3, 0.4) is 0 Å². The number of hydrogen-bond donors (Lipinski definition) is 0. The maximum Gasteiger partial charge on any atom is 0.0652 e. The van der Waals surface area contributed by atoms with E-state index in [2.05, 4.69) is 43.0 Å². The summed E-state index contributed by atoms with van der Waals surface area (Å²) in [6, 6.07) is 8.33. The molecule has 1 nitrogen and oxygen atoms in total. The lowest BCUT2D eigenvalue weighted by Gasteiger charge is -1.94. The van der Waals surface area contributed by atoms with Gasteiger partial charge < -0.3 is 4.74 Å². The molecule has 1 rings (SSSR count). The molecule has 0 saturated heterocycles. The summed E-state index contributed by atoms with van der Waals surface area (Å²) in [6.45, 7) is 2.76. The molecule has 0 atom stereocenters. The highest BCUT2D eigenvalue weighted by Crippen LogP contribution is 2.03. The Morgan fingerprint density at radius 1 is 1.27 bits per heavy atom. The number of allylic oxidation sites excluding steroid dienone is 1. The monoisotopic (exact) mass is 200 g/mol. The predicted molar refractivity (Wildman–Crippen MR) is 63.7 cm³/mol. The second-order valence-electron chi connectivity index (χ2n) is 3.18. The summed E-state index contributed by atoms with van der Waals surface area (Å²) < 4.78 is 4.87. The molecule has 1 aromatic rings. The van der Waals surface area contributed by atoms with E-state index in [1.165, 1.54) is 5.56 Å². The first kappa shape index (κ1) is 11.6. The van der Waals surface area contributed by atoms with E-state index in [4.69, 9.17) is 4.74 Å². The number of rotatable bonds is 3. The minimum Gasteiger partial charge on any atom is -0.381 e. The van der Waals surface area contributed by atoms with Crippen LogP contribution < -0.4 is 0 Å². The Kier molecular flexibility index (Phi) is 5.29. The van der Waals surface area contributed by atoms with Crippen LogP contribution in [0.5, 0.6) is 0 Å². The molecule has 0 heterocycles.